The second-order valence-electron chi connectivity index (χ2n) is 3.57. The number of primary amides is 1. The Labute approximate surface area is 78.4 Å². The Morgan fingerprint density at radius 1 is 1.38 bits per heavy atom. The number of Topliss-reactive ketones (excluding diaryl/α,β-unsaturated/α-hetero) is 1. The highest BCUT2D eigenvalue weighted by Gasteiger charge is 2.22. The molecule has 0 aliphatic heterocycles. The lowest BCUT2D eigenvalue weighted by Crippen LogP contribution is -2.31. The molecule has 0 radical (unpaired) electrons. The van der Waals surface area contributed by atoms with E-state index in [0.29, 0.717) is 19.3 Å². The van der Waals surface area contributed by atoms with Crippen molar-refractivity contribution in [1.82, 2.24) is 0 Å². The minimum atomic E-state index is -0.797. The zero-order chi connectivity index (χ0) is 10.5. The molecule has 1 amide bonds. The number of ether oxygens (including phenoxy) is 1. The summed E-state index contributed by atoms with van der Waals surface area (Å²) in [5.41, 5.74) is 4.23. The van der Waals surface area contributed by atoms with Crippen molar-refractivity contribution in [1.29, 1.82) is 0 Å². The van der Waals surface area contributed by atoms with Crippen LogP contribution in [-0.2, 0) is 9.53 Å². The standard InChI is InChI=1S/C9H17NO3/c1-4-7(11)5-6-9(2,3)13-8(10)12/h4-6H2,1-3H3,(H2,10,12). The van der Waals surface area contributed by atoms with Gasteiger partial charge in [0.2, 0.25) is 0 Å². The molecule has 0 heterocycles. The van der Waals surface area contributed by atoms with Crippen LogP contribution < -0.4 is 5.73 Å². The number of nitrogens with two attached hydrogens (primary N) is 1. The van der Waals surface area contributed by atoms with Gasteiger partial charge in [-0.1, -0.05) is 6.92 Å². The summed E-state index contributed by atoms with van der Waals surface area (Å²) < 4.78 is 4.82. The lowest BCUT2D eigenvalue weighted by atomic mass is 10.00. The van der Waals surface area contributed by atoms with E-state index in [1.807, 2.05) is 6.92 Å². The maximum Gasteiger partial charge on any atom is 0.405 e. The Morgan fingerprint density at radius 2 is 1.92 bits per heavy atom. The van der Waals surface area contributed by atoms with E-state index in [1.165, 1.54) is 0 Å². The average Bonchev–Trinajstić information content (AvgIpc) is 1.98. The van der Waals surface area contributed by atoms with Crippen LogP contribution in [0.4, 0.5) is 4.79 Å². The van der Waals surface area contributed by atoms with Crippen LogP contribution in [-0.4, -0.2) is 17.5 Å². The fraction of sp³-hybridized carbons (Fsp3) is 0.778. The second-order valence-corrected chi connectivity index (χ2v) is 3.57. The molecule has 0 aromatic heterocycles. The Kier molecular flexibility index (Phi) is 4.45. The third-order valence-corrected chi connectivity index (χ3v) is 1.78. The highest BCUT2D eigenvalue weighted by atomic mass is 16.6. The smallest absolute Gasteiger partial charge is 0.405 e. The molecule has 4 nitrogen and oxygen atoms in total. The van der Waals surface area contributed by atoms with Gasteiger partial charge in [-0.3, -0.25) is 4.79 Å². The van der Waals surface area contributed by atoms with Crippen LogP contribution in [0.5, 0.6) is 0 Å². The molecule has 0 unspecified atom stereocenters. The minimum Gasteiger partial charge on any atom is -0.444 e. The van der Waals surface area contributed by atoms with Crippen molar-refractivity contribution in [2.24, 2.45) is 5.73 Å². The van der Waals surface area contributed by atoms with Gasteiger partial charge in [0.05, 0.1) is 0 Å². The summed E-state index contributed by atoms with van der Waals surface area (Å²) in [7, 11) is 0. The molecule has 0 saturated heterocycles. The predicted octanol–water partition coefficient (Wildman–Crippen LogP) is 1.62. The van der Waals surface area contributed by atoms with Crippen molar-refractivity contribution in [2.75, 3.05) is 0 Å². The third-order valence-electron chi connectivity index (χ3n) is 1.78. The molecular formula is C9H17NO3. The summed E-state index contributed by atoms with van der Waals surface area (Å²) in [4.78, 5) is 21.4. The van der Waals surface area contributed by atoms with Gasteiger partial charge in [-0.05, 0) is 20.3 Å². The third kappa shape index (κ3) is 6.13. The minimum absolute atomic E-state index is 0.168. The molecule has 4 heteroatoms. The molecule has 0 fully saturated rings. The van der Waals surface area contributed by atoms with Crippen LogP contribution in [0, 0.1) is 0 Å². The first-order chi connectivity index (χ1) is 5.87. The fourth-order valence-corrected chi connectivity index (χ4v) is 0.941. The van der Waals surface area contributed by atoms with E-state index in [1.54, 1.807) is 13.8 Å². The Morgan fingerprint density at radius 3 is 2.31 bits per heavy atom. The molecule has 0 bridgehead atoms. The van der Waals surface area contributed by atoms with Crippen molar-refractivity contribution < 1.29 is 14.3 Å². The summed E-state index contributed by atoms with van der Waals surface area (Å²) in [6.07, 6.45) is 0.667. The van der Waals surface area contributed by atoms with Crippen molar-refractivity contribution in [2.45, 2.75) is 45.6 Å². The Hall–Kier alpha value is -1.06. The summed E-state index contributed by atoms with van der Waals surface area (Å²) >= 11 is 0. The average molecular weight is 187 g/mol. The van der Waals surface area contributed by atoms with Crippen LogP contribution in [0.15, 0.2) is 0 Å². The maximum atomic E-state index is 11.0. The Bertz CT molecular complexity index is 199. The predicted molar refractivity (Wildman–Crippen MR) is 49.3 cm³/mol. The van der Waals surface area contributed by atoms with Crippen LogP contribution >= 0.6 is 0 Å². The first-order valence-electron chi connectivity index (χ1n) is 4.37. The molecule has 0 spiro atoms. The fourth-order valence-electron chi connectivity index (χ4n) is 0.941. The van der Waals surface area contributed by atoms with Gasteiger partial charge in [-0.2, -0.15) is 0 Å². The van der Waals surface area contributed by atoms with Crippen LogP contribution in [0.2, 0.25) is 0 Å². The normalized spacial score (nSPS) is 11.0. The monoisotopic (exact) mass is 187 g/mol. The quantitative estimate of drug-likeness (QED) is 0.711. The molecule has 2 N–H and O–H groups in total. The van der Waals surface area contributed by atoms with Crippen LogP contribution in [0.1, 0.15) is 40.0 Å². The van der Waals surface area contributed by atoms with Gasteiger partial charge in [0, 0.05) is 12.8 Å². The summed E-state index contributed by atoms with van der Waals surface area (Å²) in [6.45, 7) is 5.28. The van der Waals surface area contributed by atoms with E-state index in [0.717, 1.165) is 0 Å². The first-order valence-corrected chi connectivity index (χ1v) is 4.37. The van der Waals surface area contributed by atoms with Crippen molar-refractivity contribution in [3.05, 3.63) is 0 Å². The van der Waals surface area contributed by atoms with E-state index in [4.69, 9.17) is 10.5 Å². The molecule has 76 valence electrons. The molecule has 0 aromatic carbocycles. The highest BCUT2D eigenvalue weighted by Crippen LogP contribution is 2.17. The maximum absolute atomic E-state index is 11.0. The van der Waals surface area contributed by atoms with Gasteiger partial charge < -0.3 is 10.5 Å². The van der Waals surface area contributed by atoms with Gasteiger partial charge in [0.25, 0.3) is 0 Å². The molecule has 0 aromatic rings. The van der Waals surface area contributed by atoms with Gasteiger partial charge in [0.15, 0.2) is 0 Å². The van der Waals surface area contributed by atoms with E-state index >= 15 is 0 Å². The molecular weight excluding hydrogens is 170 g/mol. The lowest BCUT2D eigenvalue weighted by molar-refractivity contribution is -0.119. The number of amides is 1. The molecule has 13 heavy (non-hydrogen) atoms. The number of hydrogen-bond donors (Lipinski definition) is 1. The van der Waals surface area contributed by atoms with Crippen LogP contribution in [0.3, 0.4) is 0 Å². The van der Waals surface area contributed by atoms with E-state index in [-0.39, 0.29) is 5.78 Å². The molecule has 0 saturated carbocycles. The van der Waals surface area contributed by atoms with Gasteiger partial charge in [0.1, 0.15) is 11.4 Å². The highest BCUT2D eigenvalue weighted by molar-refractivity contribution is 5.78. The van der Waals surface area contributed by atoms with E-state index in [9.17, 15) is 9.59 Å². The second kappa shape index (κ2) is 4.84. The van der Waals surface area contributed by atoms with Crippen LogP contribution in [0.25, 0.3) is 0 Å². The molecule has 0 atom stereocenters. The van der Waals surface area contributed by atoms with E-state index in [2.05, 4.69) is 0 Å². The largest absolute Gasteiger partial charge is 0.444 e. The van der Waals surface area contributed by atoms with Crippen molar-refractivity contribution >= 4 is 11.9 Å². The Balaban J connectivity index is 3.88. The number of ketones is 1. The van der Waals surface area contributed by atoms with Gasteiger partial charge >= 0.3 is 6.09 Å². The molecule has 0 aliphatic rings. The number of rotatable bonds is 5. The zero-order valence-electron chi connectivity index (χ0n) is 8.42. The number of carbonyl (C=O) groups is 2. The van der Waals surface area contributed by atoms with Gasteiger partial charge in [-0.25, -0.2) is 4.79 Å². The molecule has 0 rings (SSSR count). The molecule has 0 aliphatic carbocycles. The van der Waals surface area contributed by atoms with Crippen molar-refractivity contribution in [3.63, 3.8) is 0 Å². The summed E-state index contributed by atoms with van der Waals surface area (Å²) in [6, 6.07) is 0. The summed E-state index contributed by atoms with van der Waals surface area (Å²) in [5, 5.41) is 0. The zero-order valence-corrected chi connectivity index (χ0v) is 8.42. The topological polar surface area (TPSA) is 69.4 Å². The number of hydrogen-bond acceptors (Lipinski definition) is 3. The SMILES string of the molecule is CCC(=O)CCC(C)(C)OC(N)=O. The van der Waals surface area contributed by atoms with E-state index < -0.39 is 11.7 Å². The lowest BCUT2D eigenvalue weighted by Gasteiger charge is -2.23. The van der Waals surface area contributed by atoms with Crippen molar-refractivity contribution in [3.8, 4) is 0 Å². The van der Waals surface area contributed by atoms with Gasteiger partial charge in [-0.15, -0.1) is 0 Å². The number of carbonyl (C=O) groups excluding carboxylic acids is 2. The summed E-state index contributed by atoms with van der Waals surface area (Å²) in [5.74, 6) is 0.168. The first kappa shape index (κ1) is 11.9.